The Hall–Kier alpha value is -1.85. The highest BCUT2D eigenvalue weighted by Crippen LogP contribution is 2.25. The molecule has 0 unspecified atom stereocenters. The number of hydrogen-bond acceptors (Lipinski definition) is 4. The number of esters is 1. The largest absolute Gasteiger partial charge is 0.469 e. The zero-order valence-corrected chi connectivity index (χ0v) is 14.5. The number of amides is 1. The molecule has 1 aliphatic carbocycles. The van der Waals surface area contributed by atoms with E-state index in [1.54, 1.807) is 11.7 Å². The van der Waals surface area contributed by atoms with Gasteiger partial charge in [0.05, 0.1) is 18.7 Å². The number of carbonyl (C=O) groups excluding carboxylic acids is 2. The Labute approximate surface area is 137 Å². The van der Waals surface area contributed by atoms with Gasteiger partial charge in [0.25, 0.3) is 5.91 Å². The number of nitrogens with zero attached hydrogens (tertiary/aromatic N) is 2. The lowest BCUT2D eigenvalue weighted by molar-refractivity contribution is -0.146. The first kappa shape index (κ1) is 17.5. The van der Waals surface area contributed by atoms with Crippen LogP contribution in [0.25, 0.3) is 0 Å². The molecule has 1 N–H and O–H groups in total. The Bertz CT molecular complexity index is 565. The molecule has 1 aromatic heterocycles. The Morgan fingerprint density at radius 3 is 2.61 bits per heavy atom. The number of nitrogens with one attached hydrogen (secondary N) is 1. The van der Waals surface area contributed by atoms with Crippen LogP contribution in [0.2, 0.25) is 0 Å². The highest BCUT2D eigenvalue weighted by Gasteiger charge is 2.32. The summed E-state index contributed by atoms with van der Waals surface area (Å²) in [6.45, 7) is 4.09. The third-order valence-electron chi connectivity index (χ3n) is 4.56. The normalized spacial score (nSPS) is 21.8. The minimum absolute atomic E-state index is 0.171. The topological polar surface area (TPSA) is 73.2 Å². The van der Waals surface area contributed by atoms with Gasteiger partial charge in [-0.3, -0.25) is 14.3 Å². The fraction of sp³-hybridized carbons (Fsp3) is 0.706. The number of carbonyl (C=O) groups is 2. The maximum atomic E-state index is 12.6. The Morgan fingerprint density at radius 2 is 2.00 bits per heavy atom. The third kappa shape index (κ3) is 4.12. The second kappa shape index (κ2) is 7.62. The standard InChI is InChI=1S/C17H27N3O3/c1-11(2)14-10-15(20(3)19-14)16(21)18-13-9-7-5-6-8-12(13)17(22)23-4/h10-13H,5-9H2,1-4H3,(H,18,21)/t12-,13+/m0/s1. The first-order chi connectivity index (χ1) is 10.9. The molecule has 6 heteroatoms. The van der Waals surface area contributed by atoms with Crippen LogP contribution in [-0.4, -0.2) is 34.8 Å². The lowest BCUT2D eigenvalue weighted by Crippen LogP contribution is -2.43. The van der Waals surface area contributed by atoms with Gasteiger partial charge in [-0.15, -0.1) is 0 Å². The van der Waals surface area contributed by atoms with E-state index in [0.717, 1.165) is 37.8 Å². The predicted octanol–water partition coefficient (Wildman–Crippen LogP) is 2.40. The molecule has 1 heterocycles. The van der Waals surface area contributed by atoms with Crippen LogP contribution in [0.15, 0.2) is 6.07 Å². The van der Waals surface area contributed by atoms with Crippen LogP contribution in [0.4, 0.5) is 0 Å². The molecule has 23 heavy (non-hydrogen) atoms. The van der Waals surface area contributed by atoms with Crippen LogP contribution in [0.5, 0.6) is 0 Å². The zero-order valence-electron chi connectivity index (χ0n) is 14.5. The van der Waals surface area contributed by atoms with Crippen molar-refractivity contribution in [2.45, 2.75) is 57.9 Å². The van der Waals surface area contributed by atoms with Crippen molar-refractivity contribution in [1.82, 2.24) is 15.1 Å². The van der Waals surface area contributed by atoms with Crippen molar-refractivity contribution < 1.29 is 14.3 Å². The molecule has 0 radical (unpaired) electrons. The molecule has 2 atom stereocenters. The van der Waals surface area contributed by atoms with E-state index in [1.165, 1.54) is 7.11 Å². The molecule has 0 aliphatic heterocycles. The Morgan fingerprint density at radius 1 is 1.30 bits per heavy atom. The highest BCUT2D eigenvalue weighted by atomic mass is 16.5. The van der Waals surface area contributed by atoms with Gasteiger partial charge in [0.2, 0.25) is 0 Å². The molecule has 0 saturated heterocycles. The predicted molar refractivity (Wildman–Crippen MR) is 87.1 cm³/mol. The lowest BCUT2D eigenvalue weighted by Gasteiger charge is -2.24. The molecule has 1 aromatic rings. The molecular formula is C17H27N3O3. The SMILES string of the molecule is COC(=O)[C@H]1CCCCC[C@H]1NC(=O)c1cc(C(C)C)nn1C. The van der Waals surface area contributed by atoms with Crippen molar-refractivity contribution in [3.05, 3.63) is 17.5 Å². The van der Waals surface area contributed by atoms with E-state index in [-0.39, 0.29) is 29.8 Å². The van der Waals surface area contributed by atoms with E-state index < -0.39 is 0 Å². The maximum Gasteiger partial charge on any atom is 0.310 e. The summed E-state index contributed by atoms with van der Waals surface area (Å²) in [5, 5.41) is 7.41. The van der Waals surface area contributed by atoms with Crippen LogP contribution in [-0.2, 0) is 16.6 Å². The first-order valence-electron chi connectivity index (χ1n) is 8.36. The van der Waals surface area contributed by atoms with Crippen molar-refractivity contribution in [2.75, 3.05) is 7.11 Å². The van der Waals surface area contributed by atoms with E-state index in [9.17, 15) is 9.59 Å². The summed E-state index contributed by atoms with van der Waals surface area (Å²) in [6, 6.07) is 1.65. The third-order valence-corrected chi connectivity index (χ3v) is 4.56. The summed E-state index contributed by atoms with van der Waals surface area (Å²) in [7, 11) is 3.17. The lowest BCUT2D eigenvalue weighted by atomic mass is 9.94. The smallest absolute Gasteiger partial charge is 0.310 e. The van der Waals surface area contributed by atoms with E-state index >= 15 is 0 Å². The summed E-state index contributed by atoms with van der Waals surface area (Å²) in [6.07, 6.45) is 4.67. The number of methoxy groups -OCH3 is 1. The Kier molecular flexibility index (Phi) is 5.80. The molecule has 0 bridgehead atoms. The van der Waals surface area contributed by atoms with Gasteiger partial charge in [-0.1, -0.05) is 33.1 Å². The number of aromatic nitrogens is 2. The molecule has 128 valence electrons. The molecule has 1 fully saturated rings. The van der Waals surface area contributed by atoms with Gasteiger partial charge in [0, 0.05) is 13.1 Å². The number of ether oxygens (including phenoxy) is 1. The minimum atomic E-state index is -0.260. The van der Waals surface area contributed by atoms with Crippen LogP contribution in [0, 0.1) is 5.92 Å². The van der Waals surface area contributed by atoms with Gasteiger partial charge >= 0.3 is 5.97 Å². The number of aryl methyl sites for hydroxylation is 1. The fourth-order valence-electron chi connectivity index (χ4n) is 3.14. The molecule has 0 spiro atoms. The van der Waals surface area contributed by atoms with Crippen LogP contribution in [0.1, 0.15) is 68.1 Å². The van der Waals surface area contributed by atoms with Gasteiger partial charge in [-0.25, -0.2) is 0 Å². The molecule has 6 nitrogen and oxygen atoms in total. The van der Waals surface area contributed by atoms with Gasteiger partial charge in [0.1, 0.15) is 5.69 Å². The summed E-state index contributed by atoms with van der Waals surface area (Å²) < 4.78 is 6.52. The first-order valence-corrected chi connectivity index (χ1v) is 8.36. The second-order valence-electron chi connectivity index (χ2n) is 6.58. The average Bonchev–Trinajstić information content (AvgIpc) is 2.76. The quantitative estimate of drug-likeness (QED) is 0.682. The summed E-state index contributed by atoms with van der Waals surface area (Å²) >= 11 is 0. The molecule has 1 aliphatic rings. The molecule has 0 aromatic carbocycles. The molecule has 1 amide bonds. The van der Waals surface area contributed by atoms with Crippen molar-refractivity contribution in [2.24, 2.45) is 13.0 Å². The number of hydrogen-bond donors (Lipinski definition) is 1. The van der Waals surface area contributed by atoms with E-state index in [1.807, 2.05) is 19.9 Å². The van der Waals surface area contributed by atoms with Crippen molar-refractivity contribution in [1.29, 1.82) is 0 Å². The summed E-state index contributed by atoms with van der Waals surface area (Å²) in [5.74, 6) is -0.398. The van der Waals surface area contributed by atoms with Gasteiger partial charge in [-0.05, 0) is 24.8 Å². The van der Waals surface area contributed by atoms with Gasteiger partial charge in [0.15, 0.2) is 0 Å². The Balaban J connectivity index is 2.14. The van der Waals surface area contributed by atoms with Gasteiger partial charge in [-0.2, -0.15) is 5.10 Å². The molecule has 1 saturated carbocycles. The van der Waals surface area contributed by atoms with Crippen molar-refractivity contribution in [3.8, 4) is 0 Å². The van der Waals surface area contributed by atoms with Gasteiger partial charge < -0.3 is 10.1 Å². The highest BCUT2D eigenvalue weighted by molar-refractivity contribution is 5.93. The zero-order chi connectivity index (χ0) is 17.0. The van der Waals surface area contributed by atoms with E-state index in [2.05, 4.69) is 10.4 Å². The summed E-state index contributed by atoms with van der Waals surface area (Å²) in [5.41, 5.74) is 1.42. The van der Waals surface area contributed by atoms with E-state index in [0.29, 0.717) is 5.69 Å². The molecule has 2 rings (SSSR count). The van der Waals surface area contributed by atoms with Crippen molar-refractivity contribution in [3.63, 3.8) is 0 Å². The maximum absolute atomic E-state index is 12.6. The van der Waals surface area contributed by atoms with Crippen LogP contribution >= 0.6 is 0 Å². The molecular weight excluding hydrogens is 294 g/mol. The summed E-state index contributed by atoms with van der Waals surface area (Å²) in [4.78, 5) is 24.6. The van der Waals surface area contributed by atoms with Crippen molar-refractivity contribution >= 4 is 11.9 Å². The monoisotopic (exact) mass is 321 g/mol. The average molecular weight is 321 g/mol. The fourth-order valence-corrected chi connectivity index (χ4v) is 3.14. The second-order valence-corrected chi connectivity index (χ2v) is 6.58. The minimum Gasteiger partial charge on any atom is -0.469 e. The van der Waals surface area contributed by atoms with Crippen LogP contribution in [0.3, 0.4) is 0 Å². The number of rotatable bonds is 4. The van der Waals surface area contributed by atoms with E-state index in [4.69, 9.17) is 4.74 Å². The van der Waals surface area contributed by atoms with Crippen LogP contribution < -0.4 is 5.32 Å².